The average Bonchev–Trinajstić information content (AvgIpc) is 2.75. The third-order valence-corrected chi connectivity index (χ3v) is 5.92. The van der Waals surface area contributed by atoms with Crippen LogP contribution in [0.15, 0.2) is 0 Å². The van der Waals surface area contributed by atoms with E-state index in [9.17, 15) is 0 Å². The van der Waals surface area contributed by atoms with E-state index in [4.69, 9.17) is 4.98 Å². The van der Waals surface area contributed by atoms with Crippen molar-refractivity contribution in [2.45, 2.75) is 65.8 Å². The Balaban J connectivity index is 2.37. The molecule has 3 unspecified atom stereocenters. The summed E-state index contributed by atoms with van der Waals surface area (Å²) >= 11 is 1.92. The van der Waals surface area contributed by atoms with Gasteiger partial charge in [0.2, 0.25) is 0 Å². The number of hydrogen-bond acceptors (Lipinski definition) is 3. The van der Waals surface area contributed by atoms with Crippen LogP contribution in [0.25, 0.3) is 0 Å². The van der Waals surface area contributed by atoms with Crippen molar-refractivity contribution in [2.24, 2.45) is 11.8 Å². The fourth-order valence-electron chi connectivity index (χ4n) is 3.56. The van der Waals surface area contributed by atoms with Crippen molar-refractivity contribution in [1.82, 2.24) is 10.3 Å². The normalized spacial score (nSPS) is 31.6. The van der Waals surface area contributed by atoms with Gasteiger partial charge in [-0.1, -0.05) is 27.7 Å². The molecule has 1 aromatic heterocycles. The molecule has 3 atom stereocenters. The zero-order valence-electron chi connectivity index (χ0n) is 13.0. The predicted octanol–water partition coefficient (Wildman–Crippen LogP) is 4.27. The Morgan fingerprint density at radius 1 is 1.37 bits per heavy atom. The van der Waals surface area contributed by atoms with E-state index in [1.807, 2.05) is 11.3 Å². The number of nitrogens with one attached hydrogen (secondary N) is 1. The minimum Gasteiger partial charge on any atom is -0.305 e. The second-order valence-corrected chi connectivity index (χ2v) is 7.36. The topological polar surface area (TPSA) is 24.9 Å². The third kappa shape index (κ3) is 2.73. The highest BCUT2D eigenvalue weighted by Crippen LogP contribution is 2.45. The molecule has 0 aliphatic heterocycles. The van der Waals surface area contributed by atoms with E-state index in [1.165, 1.54) is 34.8 Å². The van der Waals surface area contributed by atoms with E-state index in [0.717, 1.165) is 18.9 Å². The third-order valence-electron chi connectivity index (χ3n) is 4.73. The van der Waals surface area contributed by atoms with E-state index >= 15 is 0 Å². The molecule has 0 radical (unpaired) electrons. The smallest absolute Gasteiger partial charge is 0.114 e. The van der Waals surface area contributed by atoms with Gasteiger partial charge in [-0.05, 0) is 51.0 Å². The molecular weight excluding hydrogens is 252 g/mol. The van der Waals surface area contributed by atoms with Crippen LogP contribution in [0.3, 0.4) is 0 Å². The van der Waals surface area contributed by atoms with E-state index in [0.29, 0.717) is 5.92 Å². The molecule has 0 amide bonds. The van der Waals surface area contributed by atoms with Gasteiger partial charge in [0, 0.05) is 4.88 Å². The van der Waals surface area contributed by atoms with Crippen molar-refractivity contribution in [3.05, 3.63) is 15.6 Å². The van der Waals surface area contributed by atoms with Gasteiger partial charge in [0.15, 0.2) is 0 Å². The molecule has 2 rings (SSSR count). The Morgan fingerprint density at radius 2 is 2.11 bits per heavy atom. The van der Waals surface area contributed by atoms with Gasteiger partial charge in [0.1, 0.15) is 5.01 Å². The van der Waals surface area contributed by atoms with Crippen LogP contribution in [-0.2, 0) is 12.0 Å². The maximum atomic E-state index is 4.97. The molecule has 0 saturated heterocycles. The van der Waals surface area contributed by atoms with Crippen molar-refractivity contribution in [3.63, 3.8) is 0 Å². The first-order valence-corrected chi connectivity index (χ1v) is 8.56. The van der Waals surface area contributed by atoms with Gasteiger partial charge in [-0.15, -0.1) is 11.3 Å². The van der Waals surface area contributed by atoms with Crippen LogP contribution in [0.5, 0.6) is 0 Å². The van der Waals surface area contributed by atoms with Gasteiger partial charge >= 0.3 is 0 Å². The highest BCUT2D eigenvalue weighted by Gasteiger charge is 2.43. The van der Waals surface area contributed by atoms with Crippen molar-refractivity contribution in [1.29, 1.82) is 0 Å². The molecule has 2 nitrogen and oxygen atoms in total. The SMILES string of the molecule is CCNC1(c2nc(CC)c(C)s2)CCC(C)CC1C. The van der Waals surface area contributed by atoms with Crippen LogP contribution < -0.4 is 5.32 Å². The molecule has 3 heteroatoms. The summed E-state index contributed by atoms with van der Waals surface area (Å²) in [7, 11) is 0. The first kappa shape index (κ1) is 15.0. The molecular formula is C16H28N2S. The first-order valence-electron chi connectivity index (χ1n) is 7.75. The van der Waals surface area contributed by atoms with Gasteiger partial charge < -0.3 is 5.32 Å². The number of nitrogens with zero attached hydrogens (tertiary/aromatic N) is 1. The van der Waals surface area contributed by atoms with Gasteiger partial charge in [-0.25, -0.2) is 4.98 Å². The lowest BCUT2D eigenvalue weighted by Gasteiger charge is -2.44. The second kappa shape index (κ2) is 5.92. The quantitative estimate of drug-likeness (QED) is 0.890. The lowest BCUT2D eigenvalue weighted by Crippen LogP contribution is -2.50. The minimum absolute atomic E-state index is 0.129. The molecule has 1 aliphatic carbocycles. The molecule has 0 spiro atoms. The molecule has 0 bridgehead atoms. The van der Waals surface area contributed by atoms with E-state index < -0.39 is 0 Å². The maximum absolute atomic E-state index is 4.97. The van der Waals surface area contributed by atoms with Crippen molar-refractivity contribution < 1.29 is 0 Å². The number of hydrogen-bond donors (Lipinski definition) is 1. The summed E-state index contributed by atoms with van der Waals surface area (Å²) in [5, 5.41) is 5.13. The summed E-state index contributed by atoms with van der Waals surface area (Å²) in [6, 6.07) is 0. The number of rotatable bonds is 4. The summed E-state index contributed by atoms with van der Waals surface area (Å²) in [5.74, 6) is 1.53. The van der Waals surface area contributed by atoms with Crippen molar-refractivity contribution in [3.8, 4) is 0 Å². The van der Waals surface area contributed by atoms with Gasteiger partial charge in [0.05, 0.1) is 11.2 Å². The lowest BCUT2D eigenvalue weighted by molar-refractivity contribution is 0.123. The highest BCUT2D eigenvalue weighted by atomic mass is 32.1. The van der Waals surface area contributed by atoms with E-state index in [-0.39, 0.29) is 5.54 Å². The largest absolute Gasteiger partial charge is 0.305 e. The Bertz CT molecular complexity index is 426. The van der Waals surface area contributed by atoms with Crippen LogP contribution >= 0.6 is 11.3 Å². The number of thiazole rings is 1. The fourth-order valence-corrected chi connectivity index (χ4v) is 4.87. The van der Waals surface area contributed by atoms with E-state index in [2.05, 4.69) is 39.9 Å². The highest BCUT2D eigenvalue weighted by molar-refractivity contribution is 7.11. The monoisotopic (exact) mass is 280 g/mol. The predicted molar refractivity (Wildman–Crippen MR) is 83.8 cm³/mol. The van der Waals surface area contributed by atoms with Crippen LogP contribution in [0, 0.1) is 18.8 Å². The summed E-state index contributed by atoms with van der Waals surface area (Å²) in [5.41, 5.74) is 1.42. The molecule has 108 valence electrons. The lowest BCUT2D eigenvalue weighted by atomic mass is 9.70. The van der Waals surface area contributed by atoms with Crippen LogP contribution in [0.2, 0.25) is 0 Å². The zero-order valence-corrected chi connectivity index (χ0v) is 13.9. The molecule has 19 heavy (non-hydrogen) atoms. The molecule has 1 aromatic rings. The molecule has 0 aromatic carbocycles. The Morgan fingerprint density at radius 3 is 2.63 bits per heavy atom. The first-order chi connectivity index (χ1) is 9.03. The summed E-state index contributed by atoms with van der Waals surface area (Å²) in [4.78, 5) is 6.38. The molecule has 1 heterocycles. The van der Waals surface area contributed by atoms with Crippen LogP contribution in [-0.4, -0.2) is 11.5 Å². The Hall–Kier alpha value is -0.410. The van der Waals surface area contributed by atoms with Gasteiger partial charge in [-0.2, -0.15) is 0 Å². The number of aryl methyl sites for hydroxylation is 2. The summed E-state index contributed by atoms with van der Waals surface area (Å²) in [6.07, 6.45) is 4.92. The van der Waals surface area contributed by atoms with E-state index in [1.54, 1.807) is 0 Å². The second-order valence-electron chi connectivity index (χ2n) is 6.16. The van der Waals surface area contributed by atoms with Crippen LogP contribution in [0.4, 0.5) is 0 Å². The van der Waals surface area contributed by atoms with Gasteiger partial charge in [-0.3, -0.25) is 0 Å². The van der Waals surface area contributed by atoms with Crippen molar-refractivity contribution >= 4 is 11.3 Å². The van der Waals surface area contributed by atoms with Gasteiger partial charge in [0.25, 0.3) is 0 Å². The molecule has 1 aliphatic rings. The molecule has 1 saturated carbocycles. The average molecular weight is 280 g/mol. The summed E-state index contributed by atoms with van der Waals surface area (Å²) < 4.78 is 0. The Kier molecular flexibility index (Phi) is 4.67. The number of aromatic nitrogens is 1. The van der Waals surface area contributed by atoms with Crippen molar-refractivity contribution in [2.75, 3.05) is 6.54 Å². The summed E-state index contributed by atoms with van der Waals surface area (Å²) in [6.45, 7) is 12.5. The van der Waals surface area contributed by atoms with Crippen LogP contribution in [0.1, 0.15) is 62.5 Å². The molecule has 1 fully saturated rings. The zero-order chi connectivity index (χ0) is 14.0. The maximum Gasteiger partial charge on any atom is 0.114 e. The standard InChI is InChI=1S/C16H28N2S/c1-6-14-13(5)19-15(18-14)16(17-7-2)9-8-11(3)10-12(16)4/h11-12,17H,6-10H2,1-5H3. The minimum atomic E-state index is 0.129. The fraction of sp³-hybridized carbons (Fsp3) is 0.812. The Labute approximate surface area is 122 Å². The molecule has 1 N–H and O–H groups in total.